The summed E-state index contributed by atoms with van der Waals surface area (Å²) in [6.45, 7) is 7.19. The number of halogens is 1. The molecule has 1 fully saturated rings. The van der Waals surface area contributed by atoms with Crippen LogP contribution >= 0.6 is 24.0 Å². The van der Waals surface area contributed by atoms with Gasteiger partial charge in [0.2, 0.25) is 0 Å². The smallest absolute Gasteiger partial charge is 0.269 e. The van der Waals surface area contributed by atoms with Gasteiger partial charge in [0.05, 0.1) is 4.92 Å². The Hall–Kier alpha value is -1.38. The lowest BCUT2D eigenvalue weighted by atomic mass is 9.92. The monoisotopic (exact) mass is 432 g/mol. The summed E-state index contributed by atoms with van der Waals surface area (Å²) >= 11 is 0. The van der Waals surface area contributed by atoms with E-state index in [1.54, 1.807) is 19.2 Å². The van der Waals surface area contributed by atoms with Crippen LogP contribution in [0.2, 0.25) is 0 Å². The van der Waals surface area contributed by atoms with E-state index in [1.165, 1.54) is 18.6 Å². The number of piperidine rings is 1. The van der Waals surface area contributed by atoms with Gasteiger partial charge in [0.15, 0.2) is 5.96 Å². The maximum absolute atomic E-state index is 10.7. The van der Waals surface area contributed by atoms with E-state index in [2.05, 4.69) is 29.1 Å². The highest BCUT2D eigenvalue weighted by Gasteiger charge is 2.23. The van der Waals surface area contributed by atoms with Crippen molar-refractivity contribution >= 4 is 35.6 Å². The van der Waals surface area contributed by atoms with Gasteiger partial charge in [-0.05, 0) is 23.8 Å². The molecule has 0 saturated carbocycles. The Bertz CT molecular complexity index is 538. The molecular formula is C16H25IN4O2. The van der Waals surface area contributed by atoms with Crippen LogP contribution in [0.3, 0.4) is 0 Å². The fourth-order valence-electron chi connectivity index (χ4n) is 3.08. The molecule has 0 radical (unpaired) electrons. The number of rotatable bonds is 3. The maximum Gasteiger partial charge on any atom is 0.269 e. The van der Waals surface area contributed by atoms with Gasteiger partial charge in [0.25, 0.3) is 5.69 Å². The van der Waals surface area contributed by atoms with Crippen molar-refractivity contribution in [2.75, 3.05) is 20.1 Å². The summed E-state index contributed by atoms with van der Waals surface area (Å²) in [7, 11) is 1.79. The van der Waals surface area contributed by atoms with Crippen molar-refractivity contribution in [2.45, 2.75) is 26.8 Å². The van der Waals surface area contributed by atoms with Crippen molar-refractivity contribution in [3.8, 4) is 0 Å². The zero-order chi connectivity index (χ0) is 16.1. The Morgan fingerprint density at radius 3 is 2.35 bits per heavy atom. The molecular weight excluding hydrogens is 407 g/mol. The van der Waals surface area contributed by atoms with Crippen LogP contribution in [0.5, 0.6) is 0 Å². The molecule has 6 nitrogen and oxygen atoms in total. The van der Waals surface area contributed by atoms with Crippen molar-refractivity contribution in [3.63, 3.8) is 0 Å². The van der Waals surface area contributed by atoms with Gasteiger partial charge in [-0.2, -0.15) is 0 Å². The third kappa shape index (κ3) is 5.63. The fraction of sp³-hybridized carbons (Fsp3) is 0.562. The Balaban J connectivity index is 0.00000264. The number of aliphatic imine (C=N–C) groups is 1. The molecule has 0 bridgehead atoms. The van der Waals surface area contributed by atoms with Crippen LogP contribution in [-0.4, -0.2) is 35.9 Å². The number of nitrogens with one attached hydrogen (secondary N) is 1. The van der Waals surface area contributed by atoms with Gasteiger partial charge in [0.1, 0.15) is 0 Å². The third-order valence-electron chi connectivity index (χ3n) is 3.98. The third-order valence-corrected chi connectivity index (χ3v) is 3.98. The van der Waals surface area contributed by atoms with Gasteiger partial charge in [0, 0.05) is 38.8 Å². The molecule has 128 valence electrons. The predicted molar refractivity (Wildman–Crippen MR) is 103 cm³/mol. The van der Waals surface area contributed by atoms with E-state index < -0.39 is 0 Å². The summed E-state index contributed by atoms with van der Waals surface area (Å²) < 4.78 is 0. The second-order valence-electron chi connectivity index (χ2n) is 6.18. The quantitative estimate of drug-likeness (QED) is 0.262. The van der Waals surface area contributed by atoms with Crippen molar-refractivity contribution in [3.05, 3.63) is 39.9 Å². The van der Waals surface area contributed by atoms with Gasteiger partial charge in [-0.1, -0.05) is 26.0 Å². The number of nitrogens with zero attached hydrogens (tertiary/aromatic N) is 3. The van der Waals surface area contributed by atoms with Crippen LogP contribution < -0.4 is 5.32 Å². The van der Waals surface area contributed by atoms with E-state index >= 15 is 0 Å². The van der Waals surface area contributed by atoms with Crippen molar-refractivity contribution in [2.24, 2.45) is 16.8 Å². The largest absolute Gasteiger partial charge is 0.352 e. The number of likely N-dealkylation sites (tertiary alicyclic amines) is 1. The minimum atomic E-state index is -0.382. The first kappa shape index (κ1) is 19.7. The summed E-state index contributed by atoms with van der Waals surface area (Å²) in [5.41, 5.74) is 1.12. The second-order valence-corrected chi connectivity index (χ2v) is 6.18. The highest BCUT2D eigenvalue weighted by atomic mass is 127. The van der Waals surface area contributed by atoms with Gasteiger partial charge in [-0.15, -0.1) is 24.0 Å². The molecule has 2 rings (SSSR count). The van der Waals surface area contributed by atoms with Crippen LogP contribution in [0.4, 0.5) is 5.69 Å². The number of non-ortho nitro benzene ring substituents is 1. The van der Waals surface area contributed by atoms with Gasteiger partial charge in [-0.25, -0.2) is 0 Å². The first-order valence-electron chi connectivity index (χ1n) is 7.68. The molecule has 1 aliphatic heterocycles. The summed E-state index contributed by atoms with van der Waals surface area (Å²) in [5.74, 6) is 2.24. The lowest BCUT2D eigenvalue weighted by Gasteiger charge is -2.37. The molecule has 1 heterocycles. The zero-order valence-corrected chi connectivity index (χ0v) is 16.2. The van der Waals surface area contributed by atoms with E-state index in [-0.39, 0.29) is 34.6 Å². The molecule has 2 unspecified atom stereocenters. The molecule has 2 atom stereocenters. The number of benzene rings is 1. The molecule has 0 spiro atoms. The fourth-order valence-corrected chi connectivity index (χ4v) is 3.08. The van der Waals surface area contributed by atoms with E-state index in [0.717, 1.165) is 24.6 Å². The minimum absolute atomic E-state index is 0. The molecule has 0 aromatic heterocycles. The van der Waals surface area contributed by atoms with Crippen LogP contribution in [0.15, 0.2) is 29.3 Å². The molecule has 1 N–H and O–H groups in total. The van der Waals surface area contributed by atoms with Crippen molar-refractivity contribution in [1.82, 2.24) is 10.2 Å². The van der Waals surface area contributed by atoms with E-state index in [9.17, 15) is 10.1 Å². The SMILES string of the molecule is CN=C(NCc1ccc([N+](=O)[O-])cc1)N1CC(C)CC(C)C1.I. The average molecular weight is 432 g/mol. The summed E-state index contributed by atoms with van der Waals surface area (Å²) in [5, 5.41) is 14.0. The topological polar surface area (TPSA) is 70.8 Å². The lowest BCUT2D eigenvalue weighted by Crippen LogP contribution is -2.48. The maximum atomic E-state index is 10.7. The van der Waals surface area contributed by atoms with Gasteiger partial charge >= 0.3 is 0 Å². The highest BCUT2D eigenvalue weighted by molar-refractivity contribution is 14.0. The number of hydrogen-bond acceptors (Lipinski definition) is 3. The van der Waals surface area contributed by atoms with Gasteiger partial charge in [-0.3, -0.25) is 15.1 Å². The molecule has 1 saturated heterocycles. The van der Waals surface area contributed by atoms with E-state index in [0.29, 0.717) is 18.4 Å². The molecule has 0 aliphatic carbocycles. The molecule has 23 heavy (non-hydrogen) atoms. The van der Waals surface area contributed by atoms with Crippen molar-refractivity contribution in [1.29, 1.82) is 0 Å². The van der Waals surface area contributed by atoms with E-state index in [1.807, 2.05) is 0 Å². The average Bonchev–Trinajstić information content (AvgIpc) is 2.47. The Kier molecular flexibility index (Phi) is 7.74. The predicted octanol–water partition coefficient (Wildman–Crippen LogP) is 3.27. The molecule has 1 aromatic carbocycles. The first-order valence-corrected chi connectivity index (χ1v) is 7.68. The number of hydrogen-bond donors (Lipinski definition) is 1. The molecule has 1 aromatic rings. The Morgan fingerprint density at radius 1 is 1.30 bits per heavy atom. The second kappa shape index (κ2) is 9.05. The molecule has 7 heteroatoms. The van der Waals surface area contributed by atoms with Crippen LogP contribution in [-0.2, 0) is 6.54 Å². The lowest BCUT2D eigenvalue weighted by molar-refractivity contribution is -0.384. The first-order chi connectivity index (χ1) is 10.5. The molecule has 0 amide bonds. The highest BCUT2D eigenvalue weighted by Crippen LogP contribution is 2.21. The van der Waals surface area contributed by atoms with Gasteiger partial charge < -0.3 is 10.2 Å². The van der Waals surface area contributed by atoms with Crippen LogP contribution in [0, 0.1) is 22.0 Å². The summed E-state index contributed by atoms with van der Waals surface area (Å²) in [6.07, 6.45) is 1.26. The van der Waals surface area contributed by atoms with Crippen LogP contribution in [0.1, 0.15) is 25.8 Å². The van der Waals surface area contributed by atoms with Crippen molar-refractivity contribution < 1.29 is 4.92 Å². The normalized spacial score (nSPS) is 21.5. The van der Waals surface area contributed by atoms with E-state index in [4.69, 9.17) is 0 Å². The Labute approximate surface area is 154 Å². The summed E-state index contributed by atoms with van der Waals surface area (Å²) in [4.78, 5) is 16.9. The molecule has 1 aliphatic rings. The summed E-state index contributed by atoms with van der Waals surface area (Å²) in [6, 6.07) is 6.62. The Morgan fingerprint density at radius 2 is 1.87 bits per heavy atom. The number of guanidine groups is 1. The number of nitro groups is 1. The minimum Gasteiger partial charge on any atom is -0.352 e. The van der Waals surface area contributed by atoms with Crippen LogP contribution in [0.25, 0.3) is 0 Å². The zero-order valence-electron chi connectivity index (χ0n) is 13.9. The standard InChI is InChI=1S/C16H24N4O2.HI/c1-12-8-13(2)11-19(10-12)16(17-3)18-9-14-4-6-15(7-5-14)20(21)22;/h4-7,12-13H,8-11H2,1-3H3,(H,17,18);1H. The number of nitro benzene ring substituents is 1.